The summed E-state index contributed by atoms with van der Waals surface area (Å²) in [7, 11) is 0. The smallest absolute Gasteiger partial charge is 0.254 e. The zero-order chi connectivity index (χ0) is 22.6. The number of amides is 1. The molecule has 0 spiro atoms. The van der Waals surface area contributed by atoms with Crippen molar-refractivity contribution in [3.05, 3.63) is 82.6 Å². The molecule has 3 aromatic rings. The number of carbonyl (C=O) groups excluding carboxylic acids is 1. The molecule has 170 valence electrons. The largest absolute Gasteiger partial charge is 0.379 e. The predicted octanol–water partition coefficient (Wildman–Crippen LogP) is 4.61. The van der Waals surface area contributed by atoms with Crippen LogP contribution in [0.25, 0.3) is 11.4 Å². The van der Waals surface area contributed by atoms with Gasteiger partial charge in [-0.05, 0) is 42.7 Å². The van der Waals surface area contributed by atoms with Crippen LogP contribution in [-0.2, 0) is 11.3 Å². The molecule has 2 aromatic carbocycles. The third kappa shape index (κ3) is 4.93. The summed E-state index contributed by atoms with van der Waals surface area (Å²) >= 11 is 6.16. The van der Waals surface area contributed by atoms with Crippen molar-refractivity contribution < 1.29 is 9.53 Å². The van der Waals surface area contributed by atoms with Gasteiger partial charge in [0, 0.05) is 48.5 Å². The third-order valence-electron chi connectivity index (χ3n) is 6.36. The number of nitrogens with zero attached hydrogens (tertiary/aromatic N) is 4. The van der Waals surface area contributed by atoms with Crippen LogP contribution in [0.5, 0.6) is 0 Å². The van der Waals surface area contributed by atoms with E-state index in [0.717, 1.165) is 74.6 Å². The van der Waals surface area contributed by atoms with Crippen LogP contribution in [0.2, 0.25) is 5.02 Å². The third-order valence-corrected chi connectivity index (χ3v) is 6.60. The highest BCUT2D eigenvalue weighted by atomic mass is 35.5. The van der Waals surface area contributed by atoms with Crippen molar-refractivity contribution in [1.29, 1.82) is 0 Å². The van der Waals surface area contributed by atoms with Crippen molar-refractivity contribution in [2.24, 2.45) is 0 Å². The Balaban J connectivity index is 1.39. The van der Waals surface area contributed by atoms with E-state index < -0.39 is 0 Å². The Bertz CT molecular complexity index is 1130. The molecule has 3 heterocycles. The first-order chi connectivity index (χ1) is 16.2. The Morgan fingerprint density at radius 1 is 1.06 bits per heavy atom. The maximum absolute atomic E-state index is 13.7. The quantitative estimate of drug-likeness (QED) is 0.554. The average Bonchev–Trinajstić information content (AvgIpc) is 3.35. The molecule has 2 aliphatic rings. The van der Waals surface area contributed by atoms with Gasteiger partial charge in [-0.3, -0.25) is 9.69 Å². The van der Waals surface area contributed by atoms with Gasteiger partial charge >= 0.3 is 0 Å². The number of ether oxygens (including phenoxy) is 1. The van der Waals surface area contributed by atoms with Crippen LogP contribution < -0.4 is 0 Å². The van der Waals surface area contributed by atoms with Crippen LogP contribution >= 0.6 is 11.6 Å². The average molecular weight is 463 g/mol. The van der Waals surface area contributed by atoms with E-state index in [2.05, 4.69) is 16.0 Å². The molecular formula is C26H27ClN4O2. The molecule has 2 fully saturated rings. The molecule has 6 nitrogen and oxygen atoms in total. The molecule has 1 unspecified atom stereocenters. The number of hydrogen-bond acceptors (Lipinski definition) is 5. The van der Waals surface area contributed by atoms with Crippen LogP contribution in [-0.4, -0.2) is 58.5 Å². The van der Waals surface area contributed by atoms with Gasteiger partial charge < -0.3 is 9.64 Å². The highest BCUT2D eigenvalue weighted by Gasteiger charge is 2.33. The second-order valence-electron chi connectivity index (χ2n) is 8.52. The summed E-state index contributed by atoms with van der Waals surface area (Å²) in [6, 6.07) is 17.4. The molecule has 0 radical (unpaired) electrons. The molecule has 2 saturated heterocycles. The molecule has 33 heavy (non-hydrogen) atoms. The number of rotatable bonds is 5. The SMILES string of the molecule is O=C(c1ccccc1CN1CCOCC1)N1CCCC1c1ccnc(-c2cccc(Cl)c2)n1. The Morgan fingerprint density at radius 2 is 1.91 bits per heavy atom. The molecule has 0 bridgehead atoms. The van der Waals surface area contributed by atoms with Crippen LogP contribution in [0.1, 0.15) is 40.5 Å². The number of aromatic nitrogens is 2. The Morgan fingerprint density at radius 3 is 2.76 bits per heavy atom. The van der Waals surface area contributed by atoms with E-state index >= 15 is 0 Å². The zero-order valence-corrected chi connectivity index (χ0v) is 19.2. The molecule has 1 atom stereocenters. The maximum Gasteiger partial charge on any atom is 0.254 e. The van der Waals surface area contributed by atoms with E-state index in [1.165, 1.54) is 0 Å². The van der Waals surface area contributed by atoms with Gasteiger partial charge in [0.1, 0.15) is 0 Å². The number of hydrogen-bond donors (Lipinski definition) is 0. The lowest BCUT2D eigenvalue weighted by Gasteiger charge is -2.29. The second-order valence-corrected chi connectivity index (χ2v) is 8.95. The second kappa shape index (κ2) is 10.00. The Labute approximate surface area is 199 Å². The van der Waals surface area contributed by atoms with Crippen LogP contribution in [0.4, 0.5) is 0 Å². The minimum absolute atomic E-state index is 0.0603. The summed E-state index contributed by atoms with van der Waals surface area (Å²) in [6.45, 7) is 4.76. The first-order valence-electron chi connectivity index (χ1n) is 11.5. The summed E-state index contributed by atoms with van der Waals surface area (Å²) < 4.78 is 5.47. The number of halogens is 1. The lowest BCUT2D eigenvalue weighted by molar-refractivity contribution is 0.0339. The molecule has 2 aliphatic heterocycles. The van der Waals surface area contributed by atoms with Gasteiger partial charge in [0.15, 0.2) is 5.82 Å². The van der Waals surface area contributed by atoms with E-state index in [-0.39, 0.29) is 11.9 Å². The number of carbonyl (C=O) groups is 1. The van der Waals surface area contributed by atoms with E-state index in [4.69, 9.17) is 21.3 Å². The van der Waals surface area contributed by atoms with Crippen LogP contribution in [0, 0.1) is 0 Å². The molecule has 0 N–H and O–H groups in total. The van der Waals surface area contributed by atoms with Crippen molar-refractivity contribution >= 4 is 17.5 Å². The van der Waals surface area contributed by atoms with E-state index in [1.54, 1.807) is 6.20 Å². The standard InChI is InChI=1S/C26H27ClN4O2/c27-21-7-3-6-19(17-21)25-28-11-10-23(29-25)24-9-4-12-31(24)26(32)22-8-2-1-5-20(22)18-30-13-15-33-16-14-30/h1-3,5-8,10-11,17,24H,4,9,12-16,18H2. The van der Waals surface area contributed by atoms with Gasteiger partial charge in [-0.15, -0.1) is 0 Å². The van der Waals surface area contributed by atoms with Crippen LogP contribution in [0.15, 0.2) is 60.8 Å². The van der Waals surface area contributed by atoms with E-state index in [9.17, 15) is 4.79 Å². The number of morpholine rings is 1. The van der Waals surface area contributed by atoms with Crippen molar-refractivity contribution in [2.75, 3.05) is 32.8 Å². The fourth-order valence-corrected chi connectivity index (χ4v) is 4.85. The van der Waals surface area contributed by atoms with Gasteiger partial charge in [0.2, 0.25) is 0 Å². The highest BCUT2D eigenvalue weighted by Crippen LogP contribution is 2.33. The fourth-order valence-electron chi connectivity index (χ4n) is 4.66. The highest BCUT2D eigenvalue weighted by molar-refractivity contribution is 6.30. The van der Waals surface area contributed by atoms with Crippen LogP contribution in [0.3, 0.4) is 0 Å². The normalized spacial score (nSPS) is 19.1. The monoisotopic (exact) mass is 462 g/mol. The summed E-state index contributed by atoms with van der Waals surface area (Å²) in [5.74, 6) is 0.700. The lowest BCUT2D eigenvalue weighted by Crippen LogP contribution is -2.37. The molecule has 0 aliphatic carbocycles. The minimum atomic E-state index is -0.0603. The summed E-state index contributed by atoms with van der Waals surface area (Å²) in [4.78, 5) is 27.3. The zero-order valence-electron chi connectivity index (χ0n) is 18.5. The van der Waals surface area contributed by atoms with Gasteiger partial charge in [0.05, 0.1) is 24.9 Å². The maximum atomic E-state index is 13.7. The van der Waals surface area contributed by atoms with Crippen molar-refractivity contribution in [2.45, 2.75) is 25.4 Å². The lowest BCUT2D eigenvalue weighted by atomic mass is 10.0. The molecule has 1 aromatic heterocycles. The van der Waals surface area contributed by atoms with E-state index in [1.807, 2.05) is 53.4 Å². The van der Waals surface area contributed by atoms with Crippen molar-refractivity contribution in [3.8, 4) is 11.4 Å². The topological polar surface area (TPSA) is 58.6 Å². The predicted molar refractivity (Wildman–Crippen MR) is 128 cm³/mol. The molecule has 0 saturated carbocycles. The van der Waals surface area contributed by atoms with Crippen molar-refractivity contribution in [3.63, 3.8) is 0 Å². The van der Waals surface area contributed by atoms with Gasteiger partial charge in [0.25, 0.3) is 5.91 Å². The summed E-state index contributed by atoms with van der Waals surface area (Å²) in [5.41, 5.74) is 3.59. The van der Waals surface area contributed by atoms with E-state index in [0.29, 0.717) is 10.8 Å². The minimum Gasteiger partial charge on any atom is -0.379 e. The number of benzene rings is 2. The Hall–Kier alpha value is -2.80. The summed E-state index contributed by atoms with van der Waals surface area (Å²) in [6.07, 6.45) is 3.62. The first-order valence-corrected chi connectivity index (χ1v) is 11.8. The molecule has 5 rings (SSSR count). The van der Waals surface area contributed by atoms with Gasteiger partial charge in [-0.25, -0.2) is 9.97 Å². The molecule has 7 heteroatoms. The Kier molecular flexibility index (Phi) is 6.67. The fraction of sp³-hybridized carbons (Fsp3) is 0.346. The van der Waals surface area contributed by atoms with Gasteiger partial charge in [-0.2, -0.15) is 0 Å². The van der Waals surface area contributed by atoms with Crippen molar-refractivity contribution in [1.82, 2.24) is 19.8 Å². The summed E-state index contributed by atoms with van der Waals surface area (Å²) in [5, 5.41) is 0.649. The number of likely N-dealkylation sites (tertiary alicyclic amines) is 1. The first kappa shape index (κ1) is 22.0. The molecular weight excluding hydrogens is 436 g/mol. The molecule has 1 amide bonds. The van der Waals surface area contributed by atoms with Gasteiger partial charge in [-0.1, -0.05) is 41.9 Å².